The molecule has 35 heavy (non-hydrogen) atoms. The summed E-state index contributed by atoms with van der Waals surface area (Å²) in [6, 6.07) is 17.0. The van der Waals surface area contributed by atoms with E-state index in [2.05, 4.69) is 5.32 Å². The number of nitrogens with two attached hydrogens (primary N) is 1. The van der Waals surface area contributed by atoms with E-state index in [0.717, 1.165) is 16.5 Å². The molecule has 8 nitrogen and oxygen atoms in total. The number of rotatable bonds is 7. The van der Waals surface area contributed by atoms with Gasteiger partial charge in [-0.1, -0.05) is 24.3 Å². The highest BCUT2D eigenvalue weighted by atomic mass is 32.2. The lowest BCUT2D eigenvalue weighted by molar-refractivity contribution is -0.111. The molecule has 0 aliphatic rings. The van der Waals surface area contributed by atoms with Gasteiger partial charge in [0.25, 0.3) is 0 Å². The number of sulfonamides is 1. The third-order valence-electron chi connectivity index (χ3n) is 5.50. The summed E-state index contributed by atoms with van der Waals surface area (Å²) in [6.45, 7) is 1.78. The van der Waals surface area contributed by atoms with Crippen LogP contribution in [0.15, 0.2) is 82.3 Å². The molecule has 0 aliphatic heterocycles. The summed E-state index contributed by atoms with van der Waals surface area (Å²) in [6.07, 6.45) is 3.08. The van der Waals surface area contributed by atoms with Gasteiger partial charge in [0, 0.05) is 39.9 Å². The lowest BCUT2D eigenvalue weighted by Gasteiger charge is -2.11. The Balaban J connectivity index is 1.71. The molecule has 3 aromatic carbocycles. The third-order valence-corrected chi connectivity index (χ3v) is 6.41. The maximum absolute atomic E-state index is 12.7. The zero-order chi connectivity index (χ0) is 25.2. The smallest absolute Gasteiger partial charge is 0.248 e. The van der Waals surface area contributed by atoms with Gasteiger partial charge in [0.05, 0.1) is 25.4 Å². The number of allylic oxidation sites excluding steroid dienone is 1. The Bertz CT molecular complexity index is 1550. The molecule has 4 aromatic rings. The first kappa shape index (κ1) is 24.1. The van der Waals surface area contributed by atoms with E-state index in [1.54, 1.807) is 39.5 Å². The van der Waals surface area contributed by atoms with Crippen molar-refractivity contribution >= 4 is 38.2 Å². The summed E-state index contributed by atoms with van der Waals surface area (Å²) in [4.78, 5) is 12.6. The predicted octanol–water partition coefficient (Wildman–Crippen LogP) is 4.81. The van der Waals surface area contributed by atoms with Crippen LogP contribution in [0, 0.1) is 0 Å². The van der Waals surface area contributed by atoms with Crippen molar-refractivity contribution in [2.45, 2.75) is 11.8 Å². The van der Waals surface area contributed by atoms with E-state index in [0.29, 0.717) is 33.9 Å². The Kier molecular flexibility index (Phi) is 6.63. The molecule has 0 aliphatic carbocycles. The van der Waals surface area contributed by atoms with E-state index in [1.807, 2.05) is 30.3 Å². The summed E-state index contributed by atoms with van der Waals surface area (Å²) in [7, 11) is -0.731. The average Bonchev–Trinajstić information content (AvgIpc) is 3.25. The van der Waals surface area contributed by atoms with E-state index in [-0.39, 0.29) is 4.90 Å². The van der Waals surface area contributed by atoms with Gasteiger partial charge in [-0.2, -0.15) is 0 Å². The van der Waals surface area contributed by atoms with Crippen LogP contribution in [0.1, 0.15) is 12.5 Å². The second-order valence-electron chi connectivity index (χ2n) is 7.79. The molecular formula is C26H24N2O6S. The largest absolute Gasteiger partial charge is 0.496 e. The van der Waals surface area contributed by atoms with Crippen molar-refractivity contribution in [1.29, 1.82) is 0 Å². The number of carbonyl (C=O) groups is 1. The molecule has 4 rings (SSSR count). The number of carbonyl (C=O) groups excluding carboxylic acids is 1. The Morgan fingerprint density at radius 3 is 2.43 bits per heavy atom. The van der Waals surface area contributed by atoms with E-state index < -0.39 is 15.9 Å². The van der Waals surface area contributed by atoms with Crippen molar-refractivity contribution < 1.29 is 27.1 Å². The molecule has 0 spiro atoms. The summed E-state index contributed by atoms with van der Waals surface area (Å²) < 4.78 is 40.0. The number of furan rings is 1. The highest BCUT2D eigenvalue weighted by Gasteiger charge is 2.17. The second kappa shape index (κ2) is 9.65. The number of anilines is 1. The number of benzene rings is 3. The van der Waals surface area contributed by atoms with E-state index in [9.17, 15) is 13.2 Å². The molecule has 180 valence electrons. The van der Waals surface area contributed by atoms with Crippen LogP contribution in [-0.2, 0) is 14.8 Å². The minimum absolute atomic E-state index is 0.0908. The fourth-order valence-electron chi connectivity index (χ4n) is 3.81. The molecule has 1 heterocycles. The van der Waals surface area contributed by atoms with E-state index in [1.165, 1.54) is 24.3 Å². The number of primary sulfonamides is 1. The van der Waals surface area contributed by atoms with E-state index >= 15 is 0 Å². The van der Waals surface area contributed by atoms with Gasteiger partial charge in [0.15, 0.2) is 0 Å². The van der Waals surface area contributed by atoms with Crippen molar-refractivity contribution in [3.63, 3.8) is 0 Å². The second-order valence-corrected chi connectivity index (χ2v) is 9.35. The normalized spacial score (nSPS) is 11.9. The molecule has 1 amide bonds. The van der Waals surface area contributed by atoms with Gasteiger partial charge in [0.1, 0.15) is 17.1 Å². The van der Waals surface area contributed by atoms with Gasteiger partial charge in [-0.25, -0.2) is 13.6 Å². The molecule has 3 N–H and O–H groups in total. The average molecular weight is 493 g/mol. The standard InChI is InChI=1S/C26H24N2O6S/c1-16(11-26(29)28-17-7-6-8-18(12-17)35(27,30)31)20-13-21-22(15-34-25(21)14-24(20)33-3)19-9-4-5-10-23(19)32-2/h4-15H,1-3H3,(H,28,29)(H2,27,30,31)/b16-11+. The SMILES string of the molecule is COc1cc2occ(-c3ccccc3OC)c2cc1/C(C)=C/C(=O)Nc1cccc(S(N)(=O)=O)c1. The molecule has 0 unspecified atom stereocenters. The van der Waals surface area contributed by atoms with Crippen molar-refractivity contribution in [3.8, 4) is 22.6 Å². The topological polar surface area (TPSA) is 121 Å². The van der Waals surface area contributed by atoms with Crippen LogP contribution in [0.3, 0.4) is 0 Å². The van der Waals surface area contributed by atoms with Crippen LogP contribution in [0.2, 0.25) is 0 Å². The molecule has 0 fully saturated rings. The van der Waals surface area contributed by atoms with Crippen LogP contribution in [0.5, 0.6) is 11.5 Å². The predicted molar refractivity (Wildman–Crippen MR) is 135 cm³/mol. The maximum Gasteiger partial charge on any atom is 0.248 e. The molecule has 0 saturated carbocycles. The summed E-state index contributed by atoms with van der Waals surface area (Å²) in [5.41, 5.74) is 3.99. The first-order chi connectivity index (χ1) is 16.7. The number of nitrogens with one attached hydrogen (secondary N) is 1. The minimum atomic E-state index is -3.88. The fourth-order valence-corrected chi connectivity index (χ4v) is 4.37. The van der Waals surface area contributed by atoms with Crippen LogP contribution >= 0.6 is 0 Å². The summed E-state index contributed by atoms with van der Waals surface area (Å²) >= 11 is 0. The number of methoxy groups -OCH3 is 2. The molecule has 9 heteroatoms. The Morgan fingerprint density at radius 1 is 0.971 bits per heavy atom. The highest BCUT2D eigenvalue weighted by Crippen LogP contribution is 2.40. The van der Waals surface area contributed by atoms with Crippen molar-refractivity contribution in [2.75, 3.05) is 19.5 Å². The summed E-state index contributed by atoms with van der Waals surface area (Å²) in [5.74, 6) is 0.811. The number of amides is 1. The Labute approximate surface area is 203 Å². The summed E-state index contributed by atoms with van der Waals surface area (Å²) in [5, 5.41) is 8.67. The molecule has 0 bridgehead atoms. The molecule has 0 atom stereocenters. The van der Waals surface area contributed by atoms with Gasteiger partial charge in [-0.3, -0.25) is 4.79 Å². The van der Waals surface area contributed by atoms with Gasteiger partial charge < -0.3 is 19.2 Å². The quantitative estimate of drug-likeness (QED) is 0.357. The Morgan fingerprint density at radius 2 is 1.71 bits per heavy atom. The van der Waals surface area contributed by atoms with Crippen molar-refractivity contribution in [3.05, 3.63) is 78.6 Å². The highest BCUT2D eigenvalue weighted by molar-refractivity contribution is 7.89. The Hall–Kier alpha value is -4.08. The molecular weight excluding hydrogens is 468 g/mol. The van der Waals surface area contributed by atoms with Crippen molar-refractivity contribution in [1.82, 2.24) is 0 Å². The number of hydrogen-bond acceptors (Lipinski definition) is 6. The van der Waals surface area contributed by atoms with Crippen LogP contribution in [0.4, 0.5) is 5.69 Å². The van der Waals surface area contributed by atoms with Crippen LogP contribution < -0.4 is 19.9 Å². The monoisotopic (exact) mass is 492 g/mol. The zero-order valence-corrected chi connectivity index (χ0v) is 20.2. The number of ether oxygens (including phenoxy) is 2. The number of fused-ring (bicyclic) bond motifs is 1. The van der Waals surface area contributed by atoms with Gasteiger partial charge in [-0.15, -0.1) is 0 Å². The fraction of sp³-hybridized carbons (Fsp3) is 0.115. The zero-order valence-electron chi connectivity index (χ0n) is 19.4. The lowest BCUT2D eigenvalue weighted by atomic mass is 9.98. The molecule has 0 saturated heterocycles. The maximum atomic E-state index is 12.7. The van der Waals surface area contributed by atoms with Gasteiger partial charge >= 0.3 is 0 Å². The first-order valence-corrected chi connectivity index (χ1v) is 12.1. The van der Waals surface area contributed by atoms with E-state index in [4.69, 9.17) is 19.0 Å². The van der Waals surface area contributed by atoms with Crippen LogP contribution in [-0.4, -0.2) is 28.5 Å². The van der Waals surface area contributed by atoms with Gasteiger partial charge in [-0.05, 0) is 42.8 Å². The lowest BCUT2D eigenvalue weighted by Crippen LogP contribution is -2.13. The van der Waals surface area contributed by atoms with Gasteiger partial charge in [0.2, 0.25) is 15.9 Å². The minimum Gasteiger partial charge on any atom is -0.496 e. The molecule has 1 aromatic heterocycles. The van der Waals surface area contributed by atoms with Crippen molar-refractivity contribution in [2.24, 2.45) is 5.14 Å². The third kappa shape index (κ3) is 5.06. The molecule has 0 radical (unpaired) electrons. The number of hydrogen-bond donors (Lipinski definition) is 2. The first-order valence-electron chi connectivity index (χ1n) is 10.6. The number of para-hydroxylation sites is 1. The van der Waals surface area contributed by atoms with Crippen LogP contribution in [0.25, 0.3) is 27.7 Å².